The Morgan fingerprint density at radius 2 is 1.58 bits per heavy atom. The quantitative estimate of drug-likeness (QED) is 0.185. The van der Waals surface area contributed by atoms with Crippen LogP contribution in [-0.4, -0.2) is 44.7 Å². The average molecular weight is 464 g/mol. The Balaban J connectivity index is 1.69. The zero-order chi connectivity index (χ0) is 24.5. The van der Waals surface area contributed by atoms with Crippen molar-refractivity contribution in [2.24, 2.45) is 22.2 Å². The molecule has 2 bridgehead atoms. The van der Waals surface area contributed by atoms with Gasteiger partial charge in [0.1, 0.15) is 11.7 Å². The minimum Gasteiger partial charge on any atom is -0.480 e. The lowest BCUT2D eigenvalue weighted by molar-refractivity contribution is -0.141. The molecule has 0 heterocycles. The minimum absolute atomic E-state index is 0.0500. The molecule has 190 valence electrons. The van der Waals surface area contributed by atoms with Crippen LogP contribution in [0.5, 0.6) is 0 Å². The summed E-state index contributed by atoms with van der Waals surface area (Å²) in [6.45, 7) is 8.33. The van der Waals surface area contributed by atoms with E-state index in [1.54, 1.807) is 13.0 Å². The van der Waals surface area contributed by atoms with Crippen molar-refractivity contribution in [1.29, 1.82) is 0 Å². The van der Waals surface area contributed by atoms with Crippen LogP contribution in [0.2, 0.25) is 0 Å². The van der Waals surface area contributed by atoms with Gasteiger partial charge >= 0.3 is 5.97 Å². The second-order valence-corrected chi connectivity index (χ2v) is 11.3. The molecule has 0 amide bonds. The summed E-state index contributed by atoms with van der Waals surface area (Å²) < 4.78 is 0. The van der Waals surface area contributed by atoms with Crippen LogP contribution in [0.15, 0.2) is 17.1 Å². The number of aliphatic hydroxyl groups excluding tert-OH is 1. The van der Waals surface area contributed by atoms with Crippen molar-refractivity contribution in [2.45, 2.75) is 135 Å². The summed E-state index contributed by atoms with van der Waals surface area (Å²) in [5, 5.41) is 31.2. The number of hydrogen-bond donors (Lipinski definition) is 3. The number of allylic oxidation sites excluding steroid dienone is 1. The van der Waals surface area contributed by atoms with Crippen LogP contribution < -0.4 is 0 Å². The van der Waals surface area contributed by atoms with E-state index in [1.807, 2.05) is 6.08 Å². The van der Waals surface area contributed by atoms with E-state index in [-0.39, 0.29) is 11.3 Å². The van der Waals surface area contributed by atoms with E-state index in [1.165, 1.54) is 64.2 Å². The van der Waals surface area contributed by atoms with Gasteiger partial charge in [-0.3, -0.25) is 4.99 Å². The normalized spacial score (nSPS) is 29.2. The van der Waals surface area contributed by atoms with Crippen molar-refractivity contribution in [3.05, 3.63) is 12.2 Å². The van der Waals surface area contributed by atoms with Gasteiger partial charge in [0, 0.05) is 5.71 Å². The molecular weight excluding hydrogens is 414 g/mol. The van der Waals surface area contributed by atoms with Gasteiger partial charge in [-0.1, -0.05) is 97.1 Å². The SMILES string of the molecule is CCCCCCCCCCCCC/C=C/C(O)C(N=C1C[C@@H]2C[C@@H](C2(C)C)[C@]1(C)O)C(=O)O. The summed E-state index contributed by atoms with van der Waals surface area (Å²) in [5.41, 5.74) is -0.521. The first kappa shape index (κ1) is 28.0. The predicted molar refractivity (Wildman–Crippen MR) is 136 cm³/mol. The Bertz CT molecular complexity index is 667. The lowest BCUT2D eigenvalue weighted by atomic mass is 9.44. The highest BCUT2D eigenvalue weighted by atomic mass is 16.4. The van der Waals surface area contributed by atoms with E-state index >= 15 is 0 Å². The highest BCUT2D eigenvalue weighted by molar-refractivity contribution is 5.96. The minimum atomic E-state index is -1.26. The Labute approximate surface area is 201 Å². The number of fused-ring (bicyclic) bond motifs is 2. The molecule has 0 aliphatic heterocycles. The smallest absolute Gasteiger partial charge is 0.331 e. The van der Waals surface area contributed by atoms with Gasteiger partial charge in [0.2, 0.25) is 0 Å². The molecule has 0 aromatic carbocycles. The number of nitrogens with zero attached hydrogens (tertiary/aromatic N) is 1. The predicted octanol–water partition coefficient (Wildman–Crippen LogP) is 6.32. The summed E-state index contributed by atoms with van der Waals surface area (Å²) in [6, 6.07) is -1.26. The molecule has 0 radical (unpaired) electrons. The number of aliphatic carboxylic acids is 1. The molecule has 3 aliphatic rings. The molecule has 3 aliphatic carbocycles. The van der Waals surface area contributed by atoms with E-state index in [0.717, 1.165) is 19.3 Å². The maximum absolute atomic E-state index is 11.8. The number of carboxylic acid groups (broad SMARTS) is 1. The first-order chi connectivity index (χ1) is 15.6. The van der Waals surface area contributed by atoms with Crippen LogP contribution in [0.1, 0.15) is 118 Å². The standard InChI is InChI=1S/C28H49NO4/c1-5-6-7-8-9-10-11-12-13-14-15-16-17-18-22(30)25(26(31)32)29-24-20-21-19-23(27(21,2)3)28(24,4)33/h17-18,21-23,25,30,33H,5-16,19-20H2,1-4H3,(H,31,32)/b18-17+,29-24?/t21-,22?,23-,25?,28-/m0/s1. The Morgan fingerprint density at radius 3 is 2.06 bits per heavy atom. The van der Waals surface area contributed by atoms with Crippen LogP contribution in [0.25, 0.3) is 0 Å². The molecule has 0 aromatic heterocycles. The summed E-state index contributed by atoms with van der Waals surface area (Å²) in [6.07, 6.45) is 18.9. The van der Waals surface area contributed by atoms with Crippen LogP contribution in [0.3, 0.4) is 0 Å². The number of aliphatic imine (C=N–C) groups is 1. The highest BCUT2D eigenvalue weighted by Gasteiger charge is 2.61. The molecule has 3 rings (SSSR count). The van der Waals surface area contributed by atoms with Crippen molar-refractivity contribution in [3.63, 3.8) is 0 Å². The zero-order valence-electron chi connectivity index (χ0n) is 21.6. The number of aliphatic hydroxyl groups is 2. The van der Waals surface area contributed by atoms with Gasteiger partial charge < -0.3 is 15.3 Å². The number of hydrogen-bond acceptors (Lipinski definition) is 4. The molecule has 33 heavy (non-hydrogen) atoms. The van der Waals surface area contributed by atoms with E-state index in [4.69, 9.17) is 0 Å². The van der Waals surface area contributed by atoms with Gasteiger partial charge in [0.15, 0.2) is 6.04 Å². The van der Waals surface area contributed by atoms with Crippen molar-refractivity contribution >= 4 is 11.7 Å². The summed E-state index contributed by atoms with van der Waals surface area (Å²) in [7, 11) is 0. The zero-order valence-corrected chi connectivity index (χ0v) is 21.6. The number of unbranched alkanes of at least 4 members (excludes halogenated alkanes) is 11. The number of rotatable bonds is 16. The summed E-state index contributed by atoms with van der Waals surface area (Å²) >= 11 is 0. The fourth-order valence-electron chi connectivity index (χ4n) is 5.85. The van der Waals surface area contributed by atoms with Crippen LogP contribution in [0, 0.1) is 17.3 Å². The topological polar surface area (TPSA) is 90.1 Å². The van der Waals surface area contributed by atoms with Crippen molar-refractivity contribution in [2.75, 3.05) is 0 Å². The molecule has 5 nitrogen and oxygen atoms in total. The molecule has 2 unspecified atom stereocenters. The third-order valence-corrected chi connectivity index (χ3v) is 8.35. The largest absolute Gasteiger partial charge is 0.480 e. The van der Waals surface area contributed by atoms with Gasteiger partial charge in [-0.25, -0.2) is 4.79 Å². The lowest BCUT2D eigenvalue weighted by Gasteiger charge is -2.62. The molecule has 3 fully saturated rings. The van der Waals surface area contributed by atoms with E-state index in [2.05, 4.69) is 25.8 Å². The molecule has 0 aromatic rings. The van der Waals surface area contributed by atoms with Crippen molar-refractivity contribution < 1.29 is 20.1 Å². The molecule has 5 heteroatoms. The third-order valence-electron chi connectivity index (χ3n) is 8.35. The van der Waals surface area contributed by atoms with Gasteiger partial charge in [-0.05, 0) is 49.9 Å². The van der Waals surface area contributed by atoms with Crippen LogP contribution in [0.4, 0.5) is 0 Å². The van der Waals surface area contributed by atoms with Crippen molar-refractivity contribution in [1.82, 2.24) is 0 Å². The molecular formula is C28H49NO4. The molecule has 3 N–H and O–H groups in total. The first-order valence-corrected chi connectivity index (χ1v) is 13.5. The highest BCUT2D eigenvalue weighted by Crippen LogP contribution is 2.61. The van der Waals surface area contributed by atoms with E-state index in [0.29, 0.717) is 18.1 Å². The number of carbonyl (C=O) groups is 1. The van der Waals surface area contributed by atoms with Gasteiger partial charge in [-0.15, -0.1) is 0 Å². The number of carboxylic acids is 1. The van der Waals surface area contributed by atoms with Gasteiger partial charge in [-0.2, -0.15) is 0 Å². The second-order valence-electron chi connectivity index (χ2n) is 11.3. The fourth-order valence-corrected chi connectivity index (χ4v) is 5.85. The van der Waals surface area contributed by atoms with E-state index in [9.17, 15) is 20.1 Å². The summed E-state index contributed by atoms with van der Waals surface area (Å²) in [4.78, 5) is 16.2. The summed E-state index contributed by atoms with van der Waals surface area (Å²) in [5.74, 6) is -0.640. The Hall–Kier alpha value is -1.20. The maximum atomic E-state index is 11.8. The first-order valence-electron chi connectivity index (χ1n) is 13.5. The van der Waals surface area contributed by atoms with Crippen LogP contribution >= 0.6 is 0 Å². The molecule has 0 saturated heterocycles. The molecule has 5 atom stereocenters. The third kappa shape index (κ3) is 7.65. The monoisotopic (exact) mass is 463 g/mol. The molecule has 3 saturated carbocycles. The van der Waals surface area contributed by atoms with Crippen molar-refractivity contribution in [3.8, 4) is 0 Å². The Morgan fingerprint density at radius 1 is 1.03 bits per heavy atom. The van der Waals surface area contributed by atoms with Gasteiger partial charge in [0.25, 0.3) is 0 Å². The average Bonchev–Trinajstić information content (AvgIpc) is 2.74. The maximum Gasteiger partial charge on any atom is 0.331 e. The van der Waals surface area contributed by atoms with E-state index < -0.39 is 23.7 Å². The lowest BCUT2D eigenvalue weighted by Crippen LogP contribution is -2.65. The molecule has 0 spiro atoms. The Kier molecular flexibility index (Phi) is 11.1. The second kappa shape index (κ2) is 13.0. The fraction of sp³-hybridized carbons (Fsp3) is 0.857. The van der Waals surface area contributed by atoms with Gasteiger partial charge in [0.05, 0.1) is 0 Å². The van der Waals surface area contributed by atoms with Crippen LogP contribution in [-0.2, 0) is 4.79 Å².